The lowest BCUT2D eigenvalue weighted by Crippen LogP contribution is -2.13. The maximum absolute atomic E-state index is 12.7. The number of aliphatic carboxylic acids is 1. The lowest BCUT2D eigenvalue weighted by atomic mass is 10.0. The molecule has 0 aliphatic rings. The average molecular weight is 330 g/mol. The van der Waals surface area contributed by atoms with Crippen LogP contribution >= 0.6 is 0 Å². The quantitative estimate of drug-likeness (QED) is 0.324. The van der Waals surface area contributed by atoms with Gasteiger partial charge in [-0.25, -0.2) is 4.79 Å². The van der Waals surface area contributed by atoms with Crippen molar-refractivity contribution in [2.45, 2.75) is 0 Å². The largest absolute Gasteiger partial charge is 0.481 e. The molecule has 2 rings (SSSR count). The summed E-state index contributed by atoms with van der Waals surface area (Å²) in [6, 6.07) is 12.7. The fraction of sp³-hybridized carbons (Fsp3) is 0.118. The number of carbonyl (C=O) groups is 3. The molecule has 0 spiro atoms. The van der Waals surface area contributed by atoms with Gasteiger partial charge in [0.25, 0.3) is 6.47 Å². The predicted molar refractivity (Wildman–Crippen MR) is 82.1 cm³/mol. The van der Waals surface area contributed by atoms with Crippen LogP contribution < -0.4 is 9.47 Å². The van der Waals surface area contributed by atoms with E-state index in [0.29, 0.717) is 0 Å². The number of benzene rings is 2. The second kappa shape index (κ2) is 8.33. The molecule has 0 radical (unpaired) electrons. The highest BCUT2D eigenvalue weighted by molar-refractivity contribution is 6.12. The predicted octanol–water partition coefficient (Wildman–Crippen LogP) is 1.89. The molecule has 0 saturated carbocycles. The molecule has 0 bridgehead atoms. The van der Waals surface area contributed by atoms with Gasteiger partial charge in [0.15, 0.2) is 12.4 Å². The van der Waals surface area contributed by atoms with E-state index in [-0.39, 0.29) is 35.9 Å². The van der Waals surface area contributed by atoms with Gasteiger partial charge in [-0.1, -0.05) is 24.3 Å². The number of para-hydroxylation sites is 2. The third kappa shape index (κ3) is 4.33. The van der Waals surface area contributed by atoms with Crippen LogP contribution in [-0.4, -0.2) is 36.7 Å². The molecule has 0 fully saturated rings. The first-order valence-electron chi connectivity index (χ1n) is 6.89. The average Bonchev–Trinajstić information content (AvgIpc) is 2.60. The monoisotopic (exact) mass is 330 g/mol. The molecule has 0 unspecified atom stereocenters. The number of carboxylic acid groups (broad SMARTS) is 1. The van der Waals surface area contributed by atoms with Gasteiger partial charge in [0.1, 0.15) is 11.5 Å². The first-order valence-corrected chi connectivity index (χ1v) is 6.89. The van der Waals surface area contributed by atoms with Crippen molar-refractivity contribution in [3.05, 3.63) is 59.7 Å². The van der Waals surface area contributed by atoms with Crippen molar-refractivity contribution in [3.8, 4) is 11.5 Å². The third-order valence-electron chi connectivity index (χ3n) is 2.97. The highest BCUT2D eigenvalue weighted by Gasteiger charge is 2.18. The Balaban J connectivity index is 2.29. The smallest absolute Gasteiger partial charge is 0.341 e. The molecule has 24 heavy (non-hydrogen) atoms. The lowest BCUT2D eigenvalue weighted by Gasteiger charge is -2.12. The van der Waals surface area contributed by atoms with Gasteiger partial charge in [0.2, 0.25) is 6.79 Å². The number of ketones is 1. The van der Waals surface area contributed by atoms with Gasteiger partial charge < -0.3 is 19.3 Å². The molecule has 0 aliphatic heterocycles. The highest BCUT2D eigenvalue weighted by Crippen LogP contribution is 2.26. The van der Waals surface area contributed by atoms with Gasteiger partial charge in [-0.3, -0.25) is 9.59 Å². The van der Waals surface area contributed by atoms with Gasteiger partial charge in [-0.05, 0) is 24.3 Å². The van der Waals surface area contributed by atoms with E-state index in [9.17, 15) is 14.4 Å². The van der Waals surface area contributed by atoms with E-state index < -0.39 is 18.4 Å². The molecule has 1 N–H and O–H groups in total. The number of hydrogen-bond acceptors (Lipinski definition) is 6. The van der Waals surface area contributed by atoms with Crippen molar-refractivity contribution < 1.29 is 33.7 Å². The van der Waals surface area contributed by atoms with Crippen LogP contribution in [0.4, 0.5) is 0 Å². The van der Waals surface area contributed by atoms with Crippen LogP contribution in [0.1, 0.15) is 15.9 Å². The summed E-state index contributed by atoms with van der Waals surface area (Å²) in [6.07, 6.45) is 0. The van der Waals surface area contributed by atoms with Gasteiger partial charge in [0, 0.05) is 0 Å². The lowest BCUT2D eigenvalue weighted by molar-refractivity contribution is -0.139. The Kier molecular flexibility index (Phi) is 5.90. The molecular weight excluding hydrogens is 316 g/mol. The van der Waals surface area contributed by atoms with Crippen molar-refractivity contribution in [3.63, 3.8) is 0 Å². The molecule has 0 aliphatic carbocycles. The number of rotatable bonds is 9. The van der Waals surface area contributed by atoms with Crippen LogP contribution in [-0.2, 0) is 14.3 Å². The van der Waals surface area contributed by atoms with Crippen molar-refractivity contribution in [2.75, 3.05) is 13.4 Å². The number of carboxylic acids is 1. The molecule has 7 heteroatoms. The molecule has 7 nitrogen and oxygen atoms in total. The van der Waals surface area contributed by atoms with Crippen molar-refractivity contribution >= 4 is 18.2 Å². The molecule has 2 aromatic rings. The SMILES string of the molecule is O=COCOc1ccccc1C(=O)c1ccccc1OCC(=O)O. The summed E-state index contributed by atoms with van der Waals surface area (Å²) in [7, 11) is 0. The summed E-state index contributed by atoms with van der Waals surface area (Å²) in [5, 5.41) is 8.71. The van der Waals surface area contributed by atoms with Gasteiger partial charge in [-0.15, -0.1) is 0 Å². The maximum Gasteiger partial charge on any atom is 0.341 e. The Bertz CT molecular complexity index is 739. The third-order valence-corrected chi connectivity index (χ3v) is 2.97. The van der Waals surface area contributed by atoms with Crippen LogP contribution in [0, 0.1) is 0 Å². The second-order valence-electron chi connectivity index (χ2n) is 4.53. The Labute approximate surface area is 137 Å². The van der Waals surface area contributed by atoms with E-state index in [2.05, 4.69) is 4.74 Å². The molecule has 0 saturated heterocycles. The fourth-order valence-electron chi connectivity index (χ4n) is 1.97. The topological polar surface area (TPSA) is 99.1 Å². The number of ether oxygens (including phenoxy) is 3. The number of hydrogen-bond donors (Lipinski definition) is 1. The molecule has 0 aromatic heterocycles. The van der Waals surface area contributed by atoms with Crippen molar-refractivity contribution in [1.29, 1.82) is 0 Å². The zero-order valence-electron chi connectivity index (χ0n) is 12.5. The molecule has 0 heterocycles. The van der Waals surface area contributed by atoms with Crippen LogP contribution in [0.2, 0.25) is 0 Å². The van der Waals surface area contributed by atoms with E-state index in [4.69, 9.17) is 14.6 Å². The summed E-state index contributed by atoms with van der Waals surface area (Å²) in [4.78, 5) is 33.6. The van der Waals surface area contributed by atoms with E-state index in [1.807, 2.05) is 0 Å². The molecule has 2 aromatic carbocycles. The fourth-order valence-corrected chi connectivity index (χ4v) is 1.97. The molecule has 0 amide bonds. The zero-order valence-corrected chi connectivity index (χ0v) is 12.5. The standard InChI is InChI=1S/C17H14O7/c18-10-22-11-24-15-8-4-2-6-13(15)17(21)12-5-1-3-7-14(12)23-9-16(19)20/h1-8,10H,9,11H2,(H,19,20). The van der Waals surface area contributed by atoms with Gasteiger partial charge in [-0.2, -0.15) is 0 Å². The van der Waals surface area contributed by atoms with Crippen molar-refractivity contribution in [2.24, 2.45) is 0 Å². The molecular formula is C17H14O7. The Morgan fingerprint density at radius 1 is 0.917 bits per heavy atom. The van der Waals surface area contributed by atoms with Crippen LogP contribution in [0.3, 0.4) is 0 Å². The summed E-state index contributed by atoms with van der Waals surface area (Å²) < 4.78 is 14.9. The number of carbonyl (C=O) groups excluding carboxylic acids is 2. The zero-order chi connectivity index (χ0) is 17.4. The molecule has 124 valence electrons. The first kappa shape index (κ1) is 17.0. The van der Waals surface area contributed by atoms with Crippen LogP contribution in [0.15, 0.2) is 48.5 Å². The van der Waals surface area contributed by atoms with E-state index >= 15 is 0 Å². The van der Waals surface area contributed by atoms with Gasteiger partial charge >= 0.3 is 5.97 Å². The normalized spacial score (nSPS) is 9.83. The van der Waals surface area contributed by atoms with Crippen LogP contribution in [0.25, 0.3) is 0 Å². The van der Waals surface area contributed by atoms with E-state index in [0.717, 1.165) is 0 Å². The summed E-state index contributed by atoms with van der Waals surface area (Å²) in [5.41, 5.74) is 0.435. The first-order chi connectivity index (χ1) is 11.6. The summed E-state index contributed by atoms with van der Waals surface area (Å²) in [5.74, 6) is -1.16. The van der Waals surface area contributed by atoms with E-state index in [1.54, 1.807) is 36.4 Å². The Morgan fingerprint density at radius 3 is 2.00 bits per heavy atom. The maximum atomic E-state index is 12.7. The van der Waals surface area contributed by atoms with E-state index in [1.165, 1.54) is 12.1 Å². The van der Waals surface area contributed by atoms with Gasteiger partial charge in [0.05, 0.1) is 11.1 Å². The Hall–Kier alpha value is -3.35. The summed E-state index contributed by atoms with van der Waals surface area (Å²) in [6.45, 7) is -0.653. The molecule has 0 atom stereocenters. The summed E-state index contributed by atoms with van der Waals surface area (Å²) >= 11 is 0. The highest BCUT2D eigenvalue weighted by atomic mass is 16.7. The Morgan fingerprint density at radius 2 is 1.46 bits per heavy atom. The minimum absolute atomic E-state index is 0.156. The van der Waals surface area contributed by atoms with Crippen molar-refractivity contribution in [1.82, 2.24) is 0 Å². The second-order valence-corrected chi connectivity index (χ2v) is 4.53. The minimum atomic E-state index is -1.15. The van der Waals surface area contributed by atoms with Crippen LogP contribution in [0.5, 0.6) is 11.5 Å². The minimum Gasteiger partial charge on any atom is -0.481 e.